The summed E-state index contributed by atoms with van der Waals surface area (Å²) in [5.74, 6) is 0.913. The van der Waals surface area contributed by atoms with Crippen LogP contribution in [-0.2, 0) is 21.2 Å². The fourth-order valence-electron chi connectivity index (χ4n) is 3.42. The molecule has 178 valence electrons. The first kappa shape index (κ1) is 25.5. The molecule has 2 aromatic rings. The van der Waals surface area contributed by atoms with Crippen molar-refractivity contribution < 1.29 is 13.2 Å². The van der Waals surface area contributed by atoms with Crippen LogP contribution in [0.2, 0.25) is 10.0 Å². The van der Waals surface area contributed by atoms with E-state index in [1.165, 1.54) is 29.6 Å². The Morgan fingerprint density at radius 2 is 1.79 bits per heavy atom. The quantitative estimate of drug-likeness (QED) is 0.530. The predicted octanol–water partition coefficient (Wildman–Crippen LogP) is 3.45. The van der Waals surface area contributed by atoms with Gasteiger partial charge in [-0.05, 0) is 36.6 Å². The summed E-state index contributed by atoms with van der Waals surface area (Å²) in [5.41, 5.74) is 2.21. The molecule has 0 aliphatic carbocycles. The summed E-state index contributed by atoms with van der Waals surface area (Å²) < 4.78 is 26.6. The van der Waals surface area contributed by atoms with Gasteiger partial charge in [0.15, 0.2) is 0 Å². The van der Waals surface area contributed by atoms with Gasteiger partial charge in [0.05, 0.1) is 21.5 Å². The summed E-state index contributed by atoms with van der Waals surface area (Å²) in [6.45, 7) is 2.50. The Hall–Kier alpha value is -2.13. The molecule has 0 saturated carbocycles. The molecule has 1 amide bonds. The zero-order chi connectivity index (χ0) is 24.0. The van der Waals surface area contributed by atoms with Gasteiger partial charge in [-0.25, -0.2) is 12.7 Å². The first-order valence-corrected chi connectivity index (χ1v) is 12.9. The van der Waals surface area contributed by atoms with Gasteiger partial charge < -0.3 is 10.2 Å². The first-order chi connectivity index (χ1) is 15.7. The van der Waals surface area contributed by atoms with Gasteiger partial charge in [-0.2, -0.15) is 0 Å². The fraction of sp³-hybridized carbons (Fsp3) is 0.391. The van der Waals surface area contributed by atoms with E-state index in [1.807, 2.05) is 12.1 Å². The number of amides is 1. The average Bonchev–Trinajstić information content (AvgIpc) is 3.34. The van der Waals surface area contributed by atoms with Crippen LogP contribution in [0.15, 0.2) is 52.4 Å². The second-order valence-electron chi connectivity index (χ2n) is 7.93. The number of sulfonamides is 1. The van der Waals surface area contributed by atoms with E-state index in [2.05, 4.69) is 22.4 Å². The van der Waals surface area contributed by atoms with E-state index in [9.17, 15) is 13.2 Å². The van der Waals surface area contributed by atoms with Crippen molar-refractivity contribution in [3.63, 3.8) is 0 Å². The largest absolute Gasteiger partial charge is 0.368 e. The molecular weight excluding hydrogens is 483 g/mol. The number of rotatable bonds is 10. The maximum atomic E-state index is 12.7. The summed E-state index contributed by atoms with van der Waals surface area (Å²) in [6, 6.07) is 12.4. The highest BCUT2D eigenvalue weighted by Gasteiger charge is 2.22. The molecule has 2 aromatic carbocycles. The number of amidine groups is 1. The molecular formula is C23H28Cl2N4O3S. The normalized spacial score (nSPS) is 13.7. The number of nitrogens with zero attached hydrogens (tertiary/aromatic N) is 3. The Morgan fingerprint density at radius 3 is 2.42 bits per heavy atom. The summed E-state index contributed by atoms with van der Waals surface area (Å²) in [6.07, 6.45) is 1.43. The van der Waals surface area contributed by atoms with Gasteiger partial charge in [0.25, 0.3) is 0 Å². The van der Waals surface area contributed by atoms with Crippen molar-refractivity contribution >= 4 is 45.0 Å². The number of halogens is 2. The second-order valence-corrected chi connectivity index (χ2v) is 10.8. The van der Waals surface area contributed by atoms with Crippen LogP contribution in [-0.4, -0.2) is 69.6 Å². The highest BCUT2D eigenvalue weighted by Crippen LogP contribution is 2.26. The first-order valence-electron chi connectivity index (χ1n) is 10.7. The Balaban J connectivity index is 1.43. The maximum Gasteiger partial charge on any atom is 0.242 e. The Morgan fingerprint density at radius 1 is 1.06 bits per heavy atom. The molecule has 10 heteroatoms. The van der Waals surface area contributed by atoms with Crippen molar-refractivity contribution in [1.82, 2.24) is 14.5 Å². The third kappa shape index (κ3) is 6.69. The SMILES string of the molecule is CN(CCc1ccc(C2=NCCN2)cc1)C(=O)CCCN(C)S(=O)(=O)c1ccc(Cl)c(Cl)c1. The lowest BCUT2D eigenvalue weighted by atomic mass is 10.1. The molecule has 0 bridgehead atoms. The van der Waals surface area contributed by atoms with E-state index in [4.69, 9.17) is 23.2 Å². The minimum Gasteiger partial charge on any atom is -0.368 e. The highest BCUT2D eigenvalue weighted by atomic mass is 35.5. The Bertz CT molecular complexity index is 1120. The molecule has 7 nitrogen and oxygen atoms in total. The molecule has 3 rings (SSSR count). The van der Waals surface area contributed by atoms with Crippen molar-refractivity contribution in [1.29, 1.82) is 0 Å². The van der Waals surface area contributed by atoms with Crippen molar-refractivity contribution in [2.75, 3.05) is 40.3 Å². The number of aliphatic imine (C=N–C) groups is 1. The van der Waals surface area contributed by atoms with Crippen molar-refractivity contribution in [2.24, 2.45) is 4.99 Å². The minimum atomic E-state index is -3.70. The van der Waals surface area contributed by atoms with Gasteiger partial charge in [-0.1, -0.05) is 47.5 Å². The number of likely N-dealkylation sites (N-methyl/N-ethyl adjacent to an activating group) is 1. The van der Waals surface area contributed by atoms with Gasteiger partial charge in [0, 0.05) is 45.7 Å². The van der Waals surface area contributed by atoms with Crippen LogP contribution < -0.4 is 5.32 Å². The standard InChI is InChI=1S/C23H28Cl2N4O3S/c1-28(15-11-17-5-7-18(8-6-17)23-26-12-13-27-23)22(30)4-3-14-29(2)33(31,32)19-9-10-20(24)21(25)16-19/h5-10,16H,3-4,11-15H2,1-2H3,(H,26,27). The topological polar surface area (TPSA) is 82.1 Å². The molecule has 0 aromatic heterocycles. The van der Waals surface area contributed by atoms with Crippen LogP contribution >= 0.6 is 23.2 Å². The van der Waals surface area contributed by atoms with Crippen LogP contribution in [0.5, 0.6) is 0 Å². The number of benzene rings is 2. The van der Waals surface area contributed by atoms with Gasteiger partial charge >= 0.3 is 0 Å². The van der Waals surface area contributed by atoms with Gasteiger partial charge in [-0.3, -0.25) is 9.79 Å². The van der Waals surface area contributed by atoms with Gasteiger partial charge in [-0.15, -0.1) is 0 Å². The van der Waals surface area contributed by atoms with E-state index in [0.717, 1.165) is 36.5 Å². The lowest BCUT2D eigenvalue weighted by Gasteiger charge is -2.20. The molecule has 0 radical (unpaired) electrons. The van der Waals surface area contributed by atoms with Crippen LogP contribution in [0, 0.1) is 0 Å². The number of carbonyl (C=O) groups excluding carboxylic acids is 1. The van der Waals surface area contributed by atoms with E-state index >= 15 is 0 Å². The lowest BCUT2D eigenvalue weighted by Crippen LogP contribution is -2.31. The van der Waals surface area contributed by atoms with Crippen molar-refractivity contribution in [2.45, 2.75) is 24.2 Å². The summed E-state index contributed by atoms with van der Waals surface area (Å²) in [5, 5.41) is 3.73. The predicted molar refractivity (Wildman–Crippen MR) is 133 cm³/mol. The fourth-order valence-corrected chi connectivity index (χ4v) is 5.02. The van der Waals surface area contributed by atoms with E-state index < -0.39 is 10.0 Å². The Labute approximate surface area is 205 Å². The monoisotopic (exact) mass is 510 g/mol. The average molecular weight is 511 g/mol. The molecule has 0 saturated heterocycles. The number of hydrogen-bond acceptors (Lipinski definition) is 5. The zero-order valence-electron chi connectivity index (χ0n) is 18.7. The molecule has 0 spiro atoms. The molecule has 0 fully saturated rings. The van der Waals surface area contributed by atoms with Crippen LogP contribution in [0.1, 0.15) is 24.0 Å². The molecule has 0 unspecified atom stereocenters. The molecule has 1 aliphatic heterocycles. The molecule has 0 atom stereocenters. The summed E-state index contributed by atoms with van der Waals surface area (Å²) in [7, 11) is -0.444. The van der Waals surface area contributed by atoms with E-state index in [-0.39, 0.29) is 28.8 Å². The highest BCUT2D eigenvalue weighted by molar-refractivity contribution is 7.89. The van der Waals surface area contributed by atoms with Crippen LogP contribution in [0.25, 0.3) is 0 Å². The van der Waals surface area contributed by atoms with Crippen LogP contribution in [0.3, 0.4) is 0 Å². The molecule has 1 N–H and O–H groups in total. The third-order valence-corrected chi connectivity index (χ3v) is 8.12. The van der Waals surface area contributed by atoms with E-state index in [1.54, 1.807) is 11.9 Å². The van der Waals surface area contributed by atoms with E-state index in [0.29, 0.717) is 18.0 Å². The van der Waals surface area contributed by atoms with Crippen molar-refractivity contribution in [3.05, 3.63) is 63.6 Å². The van der Waals surface area contributed by atoms with Gasteiger partial charge in [0.2, 0.25) is 15.9 Å². The van der Waals surface area contributed by atoms with Crippen molar-refractivity contribution in [3.8, 4) is 0 Å². The molecule has 33 heavy (non-hydrogen) atoms. The minimum absolute atomic E-state index is 0.0172. The maximum absolute atomic E-state index is 12.7. The second kappa shape index (κ2) is 11.3. The molecule has 1 heterocycles. The lowest BCUT2D eigenvalue weighted by molar-refractivity contribution is -0.130. The number of carbonyl (C=O) groups is 1. The summed E-state index contributed by atoms with van der Waals surface area (Å²) >= 11 is 11.8. The Kier molecular flexibility index (Phi) is 8.75. The van der Waals surface area contributed by atoms with Crippen LogP contribution in [0.4, 0.5) is 0 Å². The third-order valence-electron chi connectivity index (χ3n) is 5.53. The zero-order valence-corrected chi connectivity index (χ0v) is 21.1. The molecule has 1 aliphatic rings. The van der Waals surface area contributed by atoms with Gasteiger partial charge in [0.1, 0.15) is 5.84 Å². The number of nitrogens with one attached hydrogen (secondary N) is 1. The smallest absolute Gasteiger partial charge is 0.242 e. The summed E-state index contributed by atoms with van der Waals surface area (Å²) in [4.78, 5) is 18.6. The number of hydrogen-bond donors (Lipinski definition) is 1.